The van der Waals surface area contributed by atoms with E-state index in [9.17, 15) is 15.3 Å². The molecule has 1 aliphatic carbocycles. The molecule has 164 valence electrons. The Morgan fingerprint density at radius 1 is 1.26 bits per heavy atom. The smallest absolute Gasteiger partial charge is 0.145 e. The second kappa shape index (κ2) is 7.72. The molecular weight excluding hydrogens is 418 g/mol. The summed E-state index contributed by atoms with van der Waals surface area (Å²) in [6, 6.07) is 7.68. The van der Waals surface area contributed by atoms with E-state index in [-0.39, 0.29) is 5.92 Å². The van der Waals surface area contributed by atoms with Crippen LogP contribution >= 0.6 is 11.3 Å². The SMILES string of the molecule is COc1cc2c(cc1Cc1ncc(-c3ccco3)s1)[C@@]1(C[C@H](C)[C@@H](O)[C@H](O)[C@H]1O)OC2. The monoisotopic (exact) mass is 443 g/mol. The van der Waals surface area contributed by atoms with Gasteiger partial charge in [0.1, 0.15) is 29.3 Å². The molecule has 1 aromatic carbocycles. The molecule has 0 radical (unpaired) electrons. The number of benzene rings is 1. The molecule has 1 fully saturated rings. The standard InChI is InChI=1S/C23H25NO6S/c1-12-9-23(22(27)21(26)20(12)25)15-6-13(17(28-2)7-14(15)11-30-23)8-19-24-10-18(31-19)16-4-3-5-29-16/h3-7,10,12,20-22,25-27H,8-9,11H2,1-2H3/t12-,20+,21-,22+,23+/m0/s1. The van der Waals surface area contributed by atoms with Crippen molar-refractivity contribution in [3.63, 3.8) is 0 Å². The van der Waals surface area contributed by atoms with Crippen LogP contribution in [-0.2, 0) is 23.4 Å². The van der Waals surface area contributed by atoms with E-state index in [1.165, 1.54) is 0 Å². The lowest BCUT2D eigenvalue weighted by Crippen LogP contribution is -2.58. The zero-order valence-corrected chi connectivity index (χ0v) is 18.1. The summed E-state index contributed by atoms with van der Waals surface area (Å²) in [6.07, 6.45) is 0.940. The lowest BCUT2D eigenvalue weighted by molar-refractivity contribution is -0.222. The van der Waals surface area contributed by atoms with Crippen molar-refractivity contribution < 1.29 is 29.2 Å². The number of hydrogen-bond acceptors (Lipinski definition) is 8. The van der Waals surface area contributed by atoms with Gasteiger partial charge in [-0.15, -0.1) is 11.3 Å². The van der Waals surface area contributed by atoms with Gasteiger partial charge in [0.25, 0.3) is 0 Å². The zero-order valence-electron chi connectivity index (χ0n) is 17.3. The summed E-state index contributed by atoms with van der Waals surface area (Å²) < 4.78 is 17.2. The number of fused-ring (bicyclic) bond motifs is 2. The molecule has 3 heterocycles. The molecule has 31 heavy (non-hydrogen) atoms. The van der Waals surface area contributed by atoms with Crippen molar-refractivity contribution in [2.75, 3.05) is 7.11 Å². The molecule has 0 unspecified atom stereocenters. The second-order valence-electron chi connectivity index (χ2n) is 8.38. The number of rotatable bonds is 4. The van der Waals surface area contributed by atoms with Crippen molar-refractivity contribution in [3.05, 3.63) is 58.4 Å². The quantitative estimate of drug-likeness (QED) is 0.569. The molecule has 1 aliphatic heterocycles. The number of methoxy groups -OCH3 is 1. The normalized spacial score (nSPS) is 30.0. The van der Waals surface area contributed by atoms with Gasteiger partial charge in [-0.25, -0.2) is 4.98 Å². The molecule has 2 aliphatic rings. The van der Waals surface area contributed by atoms with Crippen LogP contribution in [0, 0.1) is 5.92 Å². The van der Waals surface area contributed by atoms with Gasteiger partial charge in [-0.05, 0) is 47.7 Å². The van der Waals surface area contributed by atoms with Gasteiger partial charge in [-0.3, -0.25) is 0 Å². The maximum Gasteiger partial charge on any atom is 0.145 e. The van der Waals surface area contributed by atoms with Gasteiger partial charge in [0.2, 0.25) is 0 Å². The van der Waals surface area contributed by atoms with E-state index >= 15 is 0 Å². The summed E-state index contributed by atoms with van der Waals surface area (Å²) in [5.74, 6) is 1.29. The average Bonchev–Trinajstić information content (AvgIpc) is 3.51. The Bertz CT molecular complexity index is 1080. The van der Waals surface area contributed by atoms with Crippen molar-refractivity contribution in [3.8, 4) is 16.4 Å². The van der Waals surface area contributed by atoms with Gasteiger partial charge in [0.05, 0.1) is 36.0 Å². The molecule has 5 atom stereocenters. The maximum atomic E-state index is 10.9. The third-order valence-electron chi connectivity index (χ3n) is 6.47. The Morgan fingerprint density at radius 2 is 2.10 bits per heavy atom. The van der Waals surface area contributed by atoms with E-state index in [2.05, 4.69) is 4.98 Å². The number of aromatic nitrogens is 1. The van der Waals surface area contributed by atoms with Crippen LogP contribution < -0.4 is 4.74 Å². The molecule has 7 nitrogen and oxygen atoms in total. The van der Waals surface area contributed by atoms with Crippen LogP contribution in [0.1, 0.15) is 35.0 Å². The van der Waals surface area contributed by atoms with Gasteiger partial charge in [-0.2, -0.15) is 0 Å². The molecule has 3 N–H and O–H groups in total. The largest absolute Gasteiger partial charge is 0.496 e. The van der Waals surface area contributed by atoms with Crippen molar-refractivity contribution in [2.45, 2.75) is 50.3 Å². The fraction of sp³-hybridized carbons (Fsp3) is 0.435. The average molecular weight is 444 g/mol. The molecule has 1 saturated carbocycles. The Labute approximate surface area is 183 Å². The minimum Gasteiger partial charge on any atom is -0.496 e. The summed E-state index contributed by atoms with van der Waals surface area (Å²) >= 11 is 1.55. The first-order chi connectivity index (χ1) is 14.9. The first kappa shape index (κ1) is 20.7. The topological polar surface area (TPSA) is 105 Å². The molecule has 5 rings (SSSR count). The molecule has 1 spiro atoms. The number of hydrogen-bond donors (Lipinski definition) is 3. The lowest BCUT2D eigenvalue weighted by atomic mass is 9.70. The predicted octanol–water partition coefficient (Wildman–Crippen LogP) is 2.85. The van der Waals surface area contributed by atoms with E-state index in [1.54, 1.807) is 30.9 Å². The van der Waals surface area contributed by atoms with E-state index in [4.69, 9.17) is 13.9 Å². The highest BCUT2D eigenvalue weighted by Gasteiger charge is 2.56. The van der Waals surface area contributed by atoms with Gasteiger partial charge in [-0.1, -0.05) is 6.92 Å². The Morgan fingerprint density at radius 3 is 2.84 bits per heavy atom. The maximum absolute atomic E-state index is 10.9. The first-order valence-corrected chi connectivity index (χ1v) is 11.1. The number of thiazole rings is 1. The lowest BCUT2D eigenvalue weighted by Gasteiger charge is -2.46. The molecule has 8 heteroatoms. The Kier molecular flexibility index (Phi) is 5.15. The van der Waals surface area contributed by atoms with Crippen LogP contribution in [0.25, 0.3) is 10.6 Å². The van der Waals surface area contributed by atoms with Crippen LogP contribution in [0.15, 0.2) is 41.1 Å². The Balaban J connectivity index is 1.51. The molecule has 0 saturated heterocycles. The van der Waals surface area contributed by atoms with E-state index in [0.29, 0.717) is 19.4 Å². The molecule has 2 aromatic heterocycles. The molecule has 0 amide bonds. The highest BCUT2D eigenvalue weighted by molar-refractivity contribution is 7.15. The summed E-state index contributed by atoms with van der Waals surface area (Å²) in [6.45, 7) is 2.18. The number of nitrogens with zero attached hydrogens (tertiary/aromatic N) is 1. The van der Waals surface area contributed by atoms with E-state index in [1.807, 2.05) is 31.2 Å². The van der Waals surface area contributed by atoms with Gasteiger partial charge in [0, 0.05) is 18.2 Å². The van der Waals surface area contributed by atoms with Crippen molar-refractivity contribution in [1.29, 1.82) is 0 Å². The minimum atomic E-state index is -1.27. The highest BCUT2D eigenvalue weighted by atomic mass is 32.1. The summed E-state index contributed by atoms with van der Waals surface area (Å²) in [5.41, 5.74) is 1.64. The third-order valence-corrected chi connectivity index (χ3v) is 7.48. The van der Waals surface area contributed by atoms with Gasteiger partial charge < -0.3 is 29.2 Å². The number of aliphatic hydroxyl groups is 3. The van der Waals surface area contributed by atoms with Gasteiger partial charge >= 0.3 is 0 Å². The minimum absolute atomic E-state index is 0.218. The van der Waals surface area contributed by atoms with Crippen LogP contribution in [0.5, 0.6) is 5.75 Å². The van der Waals surface area contributed by atoms with E-state index in [0.717, 1.165) is 38.1 Å². The van der Waals surface area contributed by atoms with E-state index < -0.39 is 23.9 Å². The number of aliphatic hydroxyl groups excluding tert-OH is 3. The number of ether oxygens (including phenoxy) is 2. The van der Waals surface area contributed by atoms with Crippen LogP contribution in [0.3, 0.4) is 0 Å². The fourth-order valence-electron chi connectivity index (χ4n) is 4.81. The van der Waals surface area contributed by atoms with Crippen LogP contribution in [0.4, 0.5) is 0 Å². The van der Waals surface area contributed by atoms with Gasteiger partial charge in [0.15, 0.2) is 0 Å². The highest BCUT2D eigenvalue weighted by Crippen LogP contribution is 2.50. The van der Waals surface area contributed by atoms with Crippen molar-refractivity contribution >= 4 is 11.3 Å². The van der Waals surface area contributed by atoms with Crippen molar-refractivity contribution in [2.24, 2.45) is 5.92 Å². The summed E-state index contributed by atoms with van der Waals surface area (Å²) in [7, 11) is 1.63. The Hall–Kier alpha value is -2.23. The predicted molar refractivity (Wildman–Crippen MR) is 114 cm³/mol. The second-order valence-corrected chi connectivity index (χ2v) is 9.49. The summed E-state index contributed by atoms with van der Waals surface area (Å²) in [5, 5.41) is 32.5. The van der Waals surface area contributed by atoms with Crippen LogP contribution in [0.2, 0.25) is 0 Å². The molecular formula is C23H25NO6S. The fourth-order valence-corrected chi connectivity index (χ4v) is 5.72. The molecule has 0 bridgehead atoms. The third kappa shape index (κ3) is 3.30. The molecule has 3 aromatic rings. The van der Waals surface area contributed by atoms with Crippen molar-refractivity contribution in [1.82, 2.24) is 4.98 Å². The summed E-state index contributed by atoms with van der Waals surface area (Å²) in [4.78, 5) is 5.49. The number of furan rings is 1. The zero-order chi connectivity index (χ0) is 21.8. The first-order valence-electron chi connectivity index (χ1n) is 10.3. The van der Waals surface area contributed by atoms with Crippen LogP contribution in [-0.4, -0.2) is 45.7 Å².